The molecular formula is C15H22F3NO2. The summed E-state index contributed by atoms with van der Waals surface area (Å²) in [4.78, 5) is 0. The van der Waals surface area contributed by atoms with Crippen LogP contribution in [-0.4, -0.2) is 32.5 Å². The van der Waals surface area contributed by atoms with Gasteiger partial charge in [0.2, 0.25) is 0 Å². The summed E-state index contributed by atoms with van der Waals surface area (Å²) in [7, 11) is 0. The van der Waals surface area contributed by atoms with Gasteiger partial charge < -0.3 is 14.8 Å². The number of halogens is 3. The molecule has 21 heavy (non-hydrogen) atoms. The highest BCUT2D eigenvalue weighted by Crippen LogP contribution is 2.19. The molecule has 6 heteroatoms. The molecule has 0 atom stereocenters. The quantitative estimate of drug-likeness (QED) is 0.671. The number of hydrogen-bond donors (Lipinski definition) is 1. The Hall–Kier alpha value is -1.27. The summed E-state index contributed by atoms with van der Waals surface area (Å²) in [5.74, 6) is 0.699. The molecule has 0 spiro atoms. The van der Waals surface area contributed by atoms with Crippen molar-refractivity contribution < 1.29 is 22.6 Å². The standard InChI is InChI=1S/C15H22F3NO2/c1-2-7-19-12-13-4-3-5-14(11-13)21-10-9-20-8-6-15(16,17)18/h3-5,11,19H,2,6-10,12H2,1H3. The van der Waals surface area contributed by atoms with Gasteiger partial charge in [0.05, 0.1) is 19.6 Å². The van der Waals surface area contributed by atoms with Crippen molar-refractivity contribution in [3.05, 3.63) is 29.8 Å². The van der Waals surface area contributed by atoms with E-state index in [1.54, 1.807) is 0 Å². The highest BCUT2D eigenvalue weighted by Gasteiger charge is 2.26. The molecule has 1 aromatic carbocycles. The molecule has 0 saturated carbocycles. The maximum absolute atomic E-state index is 11.9. The second-order valence-corrected chi connectivity index (χ2v) is 4.65. The predicted molar refractivity (Wildman–Crippen MR) is 75.4 cm³/mol. The number of ether oxygens (including phenoxy) is 2. The molecule has 1 N–H and O–H groups in total. The van der Waals surface area contributed by atoms with E-state index in [1.807, 2.05) is 24.3 Å². The van der Waals surface area contributed by atoms with E-state index in [9.17, 15) is 13.2 Å². The van der Waals surface area contributed by atoms with Crippen LogP contribution in [0.4, 0.5) is 13.2 Å². The Morgan fingerprint density at radius 1 is 1.14 bits per heavy atom. The molecule has 3 nitrogen and oxygen atoms in total. The van der Waals surface area contributed by atoms with Crippen LogP contribution < -0.4 is 10.1 Å². The molecule has 0 aliphatic carbocycles. The van der Waals surface area contributed by atoms with Crippen LogP contribution in [0.2, 0.25) is 0 Å². The van der Waals surface area contributed by atoms with E-state index in [0.29, 0.717) is 5.75 Å². The van der Waals surface area contributed by atoms with Gasteiger partial charge in [-0.2, -0.15) is 13.2 Å². The number of hydrogen-bond acceptors (Lipinski definition) is 3. The molecule has 120 valence electrons. The Morgan fingerprint density at radius 2 is 1.95 bits per heavy atom. The molecule has 1 rings (SSSR count). The fourth-order valence-corrected chi connectivity index (χ4v) is 1.66. The van der Waals surface area contributed by atoms with E-state index in [-0.39, 0.29) is 19.8 Å². The molecule has 0 amide bonds. The Labute approximate surface area is 123 Å². The van der Waals surface area contributed by atoms with Crippen LogP contribution in [-0.2, 0) is 11.3 Å². The lowest BCUT2D eigenvalue weighted by Gasteiger charge is -2.10. The molecule has 0 heterocycles. The largest absolute Gasteiger partial charge is 0.491 e. The topological polar surface area (TPSA) is 30.5 Å². The molecule has 0 unspecified atom stereocenters. The van der Waals surface area contributed by atoms with Crippen molar-refractivity contribution in [1.29, 1.82) is 0 Å². The molecule has 0 fully saturated rings. The SMILES string of the molecule is CCCNCc1cccc(OCCOCCC(F)(F)F)c1. The first-order valence-corrected chi connectivity index (χ1v) is 7.08. The van der Waals surface area contributed by atoms with Crippen molar-refractivity contribution >= 4 is 0 Å². The number of rotatable bonds is 10. The maximum Gasteiger partial charge on any atom is 0.391 e. The molecule has 0 saturated heterocycles. The van der Waals surface area contributed by atoms with Crippen molar-refractivity contribution in [3.63, 3.8) is 0 Å². The van der Waals surface area contributed by atoms with Crippen LogP contribution in [0.1, 0.15) is 25.3 Å². The molecule has 0 bridgehead atoms. The van der Waals surface area contributed by atoms with Crippen LogP contribution in [0.3, 0.4) is 0 Å². The summed E-state index contributed by atoms with van der Waals surface area (Å²) < 4.78 is 46.0. The van der Waals surface area contributed by atoms with Crippen LogP contribution in [0, 0.1) is 0 Å². The molecule has 0 aromatic heterocycles. The van der Waals surface area contributed by atoms with Gasteiger partial charge in [-0.25, -0.2) is 0 Å². The number of alkyl halides is 3. The minimum Gasteiger partial charge on any atom is -0.491 e. The molecular weight excluding hydrogens is 283 g/mol. The maximum atomic E-state index is 11.9. The summed E-state index contributed by atoms with van der Waals surface area (Å²) in [6, 6.07) is 7.62. The molecule has 1 aromatic rings. The monoisotopic (exact) mass is 305 g/mol. The van der Waals surface area contributed by atoms with Crippen molar-refractivity contribution in [2.45, 2.75) is 32.5 Å². The van der Waals surface area contributed by atoms with Crippen LogP contribution in [0.15, 0.2) is 24.3 Å². The summed E-state index contributed by atoms with van der Waals surface area (Å²) in [5.41, 5.74) is 1.11. The fourth-order valence-electron chi connectivity index (χ4n) is 1.66. The Balaban J connectivity index is 2.18. The van der Waals surface area contributed by atoms with E-state index in [0.717, 1.165) is 25.1 Å². The van der Waals surface area contributed by atoms with E-state index < -0.39 is 12.6 Å². The average Bonchev–Trinajstić information content (AvgIpc) is 2.42. The van der Waals surface area contributed by atoms with Gasteiger partial charge in [0.1, 0.15) is 12.4 Å². The first-order valence-electron chi connectivity index (χ1n) is 7.08. The highest BCUT2D eigenvalue weighted by atomic mass is 19.4. The van der Waals surface area contributed by atoms with Gasteiger partial charge in [-0.15, -0.1) is 0 Å². The predicted octanol–water partition coefficient (Wildman–Crippen LogP) is 3.53. The summed E-state index contributed by atoms with van der Waals surface area (Å²) in [6.07, 6.45) is -4.02. The fraction of sp³-hybridized carbons (Fsp3) is 0.600. The van der Waals surface area contributed by atoms with Crippen LogP contribution in [0.25, 0.3) is 0 Å². The van der Waals surface area contributed by atoms with Gasteiger partial charge in [0, 0.05) is 6.54 Å². The van der Waals surface area contributed by atoms with Gasteiger partial charge >= 0.3 is 6.18 Å². The van der Waals surface area contributed by atoms with Crippen LogP contribution in [0.5, 0.6) is 5.75 Å². The zero-order valence-electron chi connectivity index (χ0n) is 12.2. The lowest BCUT2D eigenvalue weighted by molar-refractivity contribution is -0.145. The van der Waals surface area contributed by atoms with Crippen LogP contribution >= 0.6 is 0 Å². The van der Waals surface area contributed by atoms with Gasteiger partial charge in [-0.3, -0.25) is 0 Å². The number of nitrogens with one attached hydrogen (secondary N) is 1. The molecule has 0 aliphatic rings. The average molecular weight is 305 g/mol. The van der Waals surface area contributed by atoms with E-state index >= 15 is 0 Å². The molecule has 0 radical (unpaired) electrons. The lowest BCUT2D eigenvalue weighted by atomic mass is 10.2. The minimum atomic E-state index is -4.17. The Bertz CT molecular complexity index is 397. The van der Waals surface area contributed by atoms with Crippen molar-refractivity contribution in [1.82, 2.24) is 5.32 Å². The van der Waals surface area contributed by atoms with Gasteiger partial charge in [0.15, 0.2) is 0 Å². The third-order valence-electron chi connectivity index (χ3n) is 2.68. The van der Waals surface area contributed by atoms with E-state index in [1.165, 1.54) is 0 Å². The zero-order valence-corrected chi connectivity index (χ0v) is 12.2. The first-order chi connectivity index (χ1) is 10.0. The third kappa shape index (κ3) is 9.31. The third-order valence-corrected chi connectivity index (χ3v) is 2.68. The summed E-state index contributed by atoms with van der Waals surface area (Å²) >= 11 is 0. The second-order valence-electron chi connectivity index (χ2n) is 4.65. The van der Waals surface area contributed by atoms with E-state index in [4.69, 9.17) is 9.47 Å². The number of benzene rings is 1. The van der Waals surface area contributed by atoms with E-state index in [2.05, 4.69) is 12.2 Å². The smallest absolute Gasteiger partial charge is 0.391 e. The minimum absolute atomic E-state index is 0.147. The first kappa shape index (κ1) is 17.8. The van der Waals surface area contributed by atoms with Crippen molar-refractivity contribution in [2.24, 2.45) is 0 Å². The summed E-state index contributed by atoms with van der Waals surface area (Å²) in [6.45, 7) is 3.89. The Kier molecular flexibility index (Phi) is 8.15. The summed E-state index contributed by atoms with van der Waals surface area (Å²) in [5, 5.41) is 3.29. The van der Waals surface area contributed by atoms with Crippen molar-refractivity contribution in [2.75, 3.05) is 26.4 Å². The normalized spacial score (nSPS) is 11.6. The van der Waals surface area contributed by atoms with Gasteiger partial charge in [0.25, 0.3) is 0 Å². The second kappa shape index (κ2) is 9.63. The molecule has 0 aliphatic heterocycles. The lowest BCUT2D eigenvalue weighted by Crippen LogP contribution is -2.15. The van der Waals surface area contributed by atoms with Crippen molar-refractivity contribution in [3.8, 4) is 5.75 Å². The highest BCUT2D eigenvalue weighted by molar-refractivity contribution is 5.28. The van der Waals surface area contributed by atoms with Gasteiger partial charge in [-0.1, -0.05) is 19.1 Å². The Morgan fingerprint density at radius 3 is 2.67 bits per heavy atom. The van der Waals surface area contributed by atoms with Gasteiger partial charge in [-0.05, 0) is 30.7 Å². The zero-order chi connectivity index (χ0) is 15.6.